The monoisotopic (exact) mass is 331 g/mol. The molecule has 0 aromatic rings. The summed E-state index contributed by atoms with van der Waals surface area (Å²) in [7, 11) is -2.02. The van der Waals surface area contributed by atoms with Gasteiger partial charge < -0.3 is 4.90 Å². The first-order chi connectivity index (χ1) is 11.4. The maximum absolute atomic E-state index is 10.1. The van der Waals surface area contributed by atoms with E-state index in [9.17, 15) is 5.26 Å². The fourth-order valence-electron chi connectivity index (χ4n) is 4.39. The molecule has 5 nitrogen and oxygen atoms in total. The van der Waals surface area contributed by atoms with Crippen LogP contribution in [0.5, 0.6) is 0 Å². The van der Waals surface area contributed by atoms with Crippen molar-refractivity contribution in [2.75, 3.05) is 39.3 Å². The third-order valence-corrected chi connectivity index (χ3v) is 9.27. The molecular formula is C17H26N5P. The molecule has 0 aliphatic carbocycles. The highest BCUT2D eigenvalue weighted by molar-refractivity contribution is 7.72. The number of hydrogen-bond acceptors (Lipinski definition) is 5. The topological polar surface area (TPSA) is 45.9 Å². The SMILES string of the molecule is N#CC1=P(N2CCCC2)(N2CCCC2)N=CC=C1N1CCCC1. The minimum atomic E-state index is -2.02. The van der Waals surface area contributed by atoms with Gasteiger partial charge in [0.2, 0.25) is 0 Å². The van der Waals surface area contributed by atoms with Crippen LogP contribution < -0.4 is 0 Å². The summed E-state index contributed by atoms with van der Waals surface area (Å²) in [5, 5.41) is 11.1. The first kappa shape index (κ1) is 15.4. The number of likely N-dealkylation sites (tertiary alicyclic amines) is 1. The number of allylic oxidation sites excluding steroid dienone is 2. The van der Waals surface area contributed by atoms with E-state index in [0.717, 1.165) is 44.6 Å². The molecule has 4 aliphatic heterocycles. The third kappa shape index (κ3) is 2.48. The normalized spacial score (nSPS) is 28.4. The maximum atomic E-state index is 10.1. The fourth-order valence-corrected chi connectivity index (χ4v) is 8.31. The van der Waals surface area contributed by atoms with E-state index in [2.05, 4.69) is 26.4 Å². The van der Waals surface area contributed by atoms with Crippen LogP contribution in [0.2, 0.25) is 0 Å². The zero-order chi connectivity index (χ0) is 15.7. The Morgan fingerprint density at radius 3 is 1.91 bits per heavy atom. The molecule has 3 fully saturated rings. The Morgan fingerprint density at radius 1 is 0.870 bits per heavy atom. The van der Waals surface area contributed by atoms with Crippen molar-refractivity contribution in [1.82, 2.24) is 14.2 Å². The number of rotatable bonds is 3. The van der Waals surface area contributed by atoms with Crippen LogP contribution in [0.4, 0.5) is 0 Å². The van der Waals surface area contributed by atoms with Crippen LogP contribution in [0.15, 0.2) is 16.5 Å². The first-order valence-corrected chi connectivity index (χ1v) is 10.7. The van der Waals surface area contributed by atoms with Crippen LogP contribution in [0.3, 0.4) is 0 Å². The number of nitriles is 1. The average Bonchev–Trinajstić information content (AvgIpc) is 3.37. The van der Waals surface area contributed by atoms with Crippen LogP contribution in [0.1, 0.15) is 38.5 Å². The van der Waals surface area contributed by atoms with E-state index in [1.54, 1.807) is 0 Å². The van der Waals surface area contributed by atoms with Gasteiger partial charge in [0, 0.05) is 45.5 Å². The molecule has 0 bridgehead atoms. The van der Waals surface area contributed by atoms with Gasteiger partial charge in [-0.2, -0.15) is 5.26 Å². The van der Waals surface area contributed by atoms with E-state index < -0.39 is 7.34 Å². The van der Waals surface area contributed by atoms with E-state index in [4.69, 9.17) is 4.76 Å². The molecule has 4 heterocycles. The smallest absolute Gasteiger partial charge is 0.144 e. The van der Waals surface area contributed by atoms with Gasteiger partial charge in [-0.3, -0.25) is 9.34 Å². The van der Waals surface area contributed by atoms with E-state index in [1.165, 1.54) is 44.2 Å². The molecule has 6 heteroatoms. The van der Waals surface area contributed by atoms with Gasteiger partial charge in [-0.1, -0.05) is 0 Å². The average molecular weight is 331 g/mol. The van der Waals surface area contributed by atoms with Gasteiger partial charge in [-0.05, 0) is 44.6 Å². The van der Waals surface area contributed by atoms with Crippen molar-refractivity contribution in [1.29, 1.82) is 5.26 Å². The van der Waals surface area contributed by atoms with Crippen molar-refractivity contribution in [3.63, 3.8) is 0 Å². The molecule has 23 heavy (non-hydrogen) atoms. The fraction of sp³-hybridized carbons (Fsp3) is 0.706. The van der Waals surface area contributed by atoms with Crippen molar-refractivity contribution >= 4 is 18.8 Å². The molecule has 0 radical (unpaired) electrons. The van der Waals surface area contributed by atoms with Crippen LogP contribution in [0, 0.1) is 11.3 Å². The highest BCUT2D eigenvalue weighted by Crippen LogP contribution is 2.61. The molecule has 4 rings (SSSR count). The Kier molecular flexibility index (Phi) is 4.32. The quantitative estimate of drug-likeness (QED) is 0.746. The van der Waals surface area contributed by atoms with Crippen LogP contribution >= 0.6 is 7.34 Å². The second kappa shape index (κ2) is 6.43. The van der Waals surface area contributed by atoms with Crippen LogP contribution in [-0.2, 0) is 0 Å². The Morgan fingerprint density at radius 2 is 1.39 bits per heavy atom. The van der Waals surface area contributed by atoms with Gasteiger partial charge in [0.1, 0.15) is 18.7 Å². The Labute approximate surface area is 139 Å². The molecule has 0 atom stereocenters. The van der Waals surface area contributed by atoms with E-state index in [0.29, 0.717) is 0 Å². The molecule has 4 aliphatic rings. The second-order valence-corrected chi connectivity index (χ2v) is 9.81. The Bertz CT molecular complexity index is 591. The summed E-state index contributed by atoms with van der Waals surface area (Å²) >= 11 is 0. The highest BCUT2D eigenvalue weighted by atomic mass is 31.2. The summed E-state index contributed by atoms with van der Waals surface area (Å²) < 4.78 is 10.2. The summed E-state index contributed by atoms with van der Waals surface area (Å²) in [6.07, 6.45) is 11.6. The zero-order valence-electron chi connectivity index (χ0n) is 13.8. The zero-order valence-corrected chi connectivity index (χ0v) is 14.7. The van der Waals surface area contributed by atoms with Gasteiger partial charge in [0.25, 0.3) is 0 Å². The maximum Gasteiger partial charge on any atom is 0.144 e. The largest absolute Gasteiger partial charge is 0.370 e. The third-order valence-electron chi connectivity index (χ3n) is 5.51. The van der Waals surface area contributed by atoms with Crippen molar-refractivity contribution in [2.24, 2.45) is 4.76 Å². The molecule has 0 aromatic carbocycles. The van der Waals surface area contributed by atoms with E-state index in [-0.39, 0.29) is 0 Å². The van der Waals surface area contributed by atoms with Gasteiger partial charge in [-0.15, -0.1) is 0 Å². The molecule has 0 aromatic heterocycles. The highest BCUT2D eigenvalue weighted by Gasteiger charge is 2.41. The van der Waals surface area contributed by atoms with Crippen molar-refractivity contribution in [3.8, 4) is 6.07 Å². The minimum absolute atomic E-state index is 0.978. The lowest BCUT2D eigenvalue weighted by Gasteiger charge is -2.42. The lowest BCUT2D eigenvalue weighted by Crippen LogP contribution is -2.35. The van der Waals surface area contributed by atoms with Gasteiger partial charge in [0.15, 0.2) is 0 Å². The Hall–Kier alpha value is -1.08. The van der Waals surface area contributed by atoms with E-state index >= 15 is 0 Å². The summed E-state index contributed by atoms with van der Waals surface area (Å²) in [4.78, 5) is 2.42. The van der Waals surface area contributed by atoms with Crippen LogP contribution in [-0.4, -0.2) is 65.0 Å². The van der Waals surface area contributed by atoms with Gasteiger partial charge in [0.05, 0.1) is 5.70 Å². The summed E-state index contributed by atoms with van der Waals surface area (Å²) in [5.74, 6) is 0. The van der Waals surface area contributed by atoms with E-state index in [1.807, 2.05) is 6.21 Å². The standard InChI is InChI=1S/C17H26N5P/c18-15-17-16(20-9-1-2-10-20)7-8-19-23(17,21-11-3-4-12-21)22-13-5-6-14-22/h7-8H,1-6,9-14H2. The first-order valence-electron chi connectivity index (χ1n) is 9.05. The number of hydrogen-bond donors (Lipinski definition) is 0. The van der Waals surface area contributed by atoms with Crippen LogP contribution in [0.25, 0.3) is 0 Å². The summed E-state index contributed by atoms with van der Waals surface area (Å²) in [6, 6.07) is 2.63. The van der Waals surface area contributed by atoms with Gasteiger partial charge >= 0.3 is 0 Å². The summed E-state index contributed by atoms with van der Waals surface area (Å²) in [5.41, 5.74) is 1.17. The van der Waals surface area contributed by atoms with Crippen molar-refractivity contribution < 1.29 is 0 Å². The van der Waals surface area contributed by atoms with Crippen molar-refractivity contribution in [3.05, 3.63) is 11.8 Å². The summed E-state index contributed by atoms with van der Waals surface area (Å²) in [6.45, 7) is 6.57. The molecule has 0 saturated carbocycles. The predicted octanol–water partition coefficient (Wildman–Crippen LogP) is 2.70. The minimum Gasteiger partial charge on any atom is -0.370 e. The lowest BCUT2D eigenvalue weighted by molar-refractivity contribution is 0.446. The molecule has 0 unspecified atom stereocenters. The van der Waals surface area contributed by atoms with Crippen molar-refractivity contribution in [2.45, 2.75) is 38.5 Å². The molecule has 0 amide bonds. The molecule has 124 valence electrons. The molecule has 3 saturated heterocycles. The number of nitrogens with zero attached hydrogens (tertiary/aromatic N) is 5. The molecular weight excluding hydrogens is 305 g/mol. The predicted molar refractivity (Wildman–Crippen MR) is 96.5 cm³/mol. The second-order valence-electron chi connectivity index (χ2n) is 6.86. The molecule has 0 N–H and O–H groups in total. The molecule has 0 spiro atoms. The van der Waals surface area contributed by atoms with Gasteiger partial charge in [-0.25, -0.2) is 4.76 Å². The lowest BCUT2D eigenvalue weighted by atomic mass is 10.3. The Balaban J connectivity index is 1.85.